The van der Waals surface area contributed by atoms with E-state index in [9.17, 15) is 17.6 Å². The summed E-state index contributed by atoms with van der Waals surface area (Å²) in [5.41, 5.74) is 1.80. The second-order valence-corrected chi connectivity index (χ2v) is 9.27. The molecule has 2 aromatic heterocycles. The maximum absolute atomic E-state index is 13.2. The smallest absolute Gasteiger partial charge is 0.271 e. The lowest BCUT2D eigenvalue weighted by Gasteiger charge is -2.09. The minimum Gasteiger partial charge on any atom is -0.354 e. The summed E-state index contributed by atoms with van der Waals surface area (Å²) >= 11 is 1.05. The maximum atomic E-state index is 13.2. The van der Waals surface area contributed by atoms with Crippen molar-refractivity contribution in [2.45, 2.75) is 25.0 Å². The van der Waals surface area contributed by atoms with Gasteiger partial charge in [-0.2, -0.15) is 0 Å². The lowest BCUT2D eigenvalue weighted by molar-refractivity contribution is -0.114. The summed E-state index contributed by atoms with van der Waals surface area (Å²) in [4.78, 5) is 12.0. The summed E-state index contributed by atoms with van der Waals surface area (Å²) in [5.74, 6) is -0.330. The fourth-order valence-corrected chi connectivity index (χ4v) is 4.85. The topological polar surface area (TPSA) is 101 Å². The zero-order valence-electron chi connectivity index (χ0n) is 15.8. The Bertz CT molecular complexity index is 1200. The first kappa shape index (κ1) is 20.7. The number of anilines is 2. The van der Waals surface area contributed by atoms with E-state index >= 15 is 0 Å². The molecule has 2 heterocycles. The SMILES string of the molecule is CC(=O)Nc1c(C)noc1/C=C/c1ccc(S(=O)(=O)Nc2ccc(F)cc2C)s1. The minimum absolute atomic E-state index is 0.108. The Balaban J connectivity index is 1.80. The first-order valence-electron chi connectivity index (χ1n) is 8.46. The van der Waals surface area contributed by atoms with Crippen LogP contribution in [0.4, 0.5) is 15.8 Å². The van der Waals surface area contributed by atoms with Crippen molar-refractivity contribution in [2.24, 2.45) is 0 Å². The third kappa shape index (κ3) is 4.90. The summed E-state index contributed by atoms with van der Waals surface area (Å²) in [5, 5.41) is 6.47. The van der Waals surface area contributed by atoms with Gasteiger partial charge in [0.1, 0.15) is 21.4 Å². The number of amides is 1. The van der Waals surface area contributed by atoms with E-state index in [2.05, 4.69) is 15.2 Å². The number of carbonyl (C=O) groups excluding carboxylic acids is 1. The second-order valence-electron chi connectivity index (χ2n) is 6.24. The Kier molecular flexibility index (Phi) is 5.85. The Labute approximate surface area is 171 Å². The number of thiophene rings is 1. The zero-order chi connectivity index (χ0) is 21.2. The molecule has 0 radical (unpaired) electrons. The van der Waals surface area contributed by atoms with Crippen LogP contribution in [0.2, 0.25) is 0 Å². The number of carbonyl (C=O) groups is 1. The average molecular weight is 436 g/mol. The van der Waals surface area contributed by atoms with Crippen molar-refractivity contribution in [3.05, 3.63) is 58.0 Å². The number of hydrogen-bond donors (Lipinski definition) is 2. The van der Waals surface area contributed by atoms with E-state index < -0.39 is 15.8 Å². The van der Waals surface area contributed by atoms with Gasteiger partial charge >= 0.3 is 0 Å². The normalized spacial score (nSPS) is 11.7. The number of nitrogens with zero attached hydrogens (tertiary/aromatic N) is 1. The standard InChI is InChI=1S/C19H18FN3O4S2/c1-11-10-14(20)4-7-16(11)23-29(25,26)18-9-6-15(28-18)5-8-17-19(21-13(3)24)12(2)22-27-17/h4-10,23H,1-3H3,(H,21,24)/b8-5+. The largest absolute Gasteiger partial charge is 0.354 e. The number of sulfonamides is 1. The Morgan fingerprint density at radius 2 is 1.97 bits per heavy atom. The number of aryl methyl sites for hydroxylation is 2. The molecule has 0 saturated carbocycles. The molecule has 1 amide bonds. The van der Waals surface area contributed by atoms with Crippen LogP contribution in [0, 0.1) is 19.7 Å². The molecular weight excluding hydrogens is 417 g/mol. The highest BCUT2D eigenvalue weighted by molar-refractivity contribution is 7.94. The van der Waals surface area contributed by atoms with Crippen LogP contribution in [0.1, 0.15) is 28.8 Å². The average Bonchev–Trinajstić information content (AvgIpc) is 3.24. The van der Waals surface area contributed by atoms with Crippen LogP contribution in [-0.4, -0.2) is 19.5 Å². The zero-order valence-corrected chi connectivity index (χ0v) is 17.4. The first-order valence-corrected chi connectivity index (χ1v) is 10.8. The van der Waals surface area contributed by atoms with Crippen molar-refractivity contribution in [1.29, 1.82) is 0 Å². The van der Waals surface area contributed by atoms with E-state index in [0.717, 1.165) is 11.3 Å². The fraction of sp³-hybridized carbons (Fsp3) is 0.158. The molecule has 0 saturated heterocycles. The Morgan fingerprint density at radius 3 is 2.66 bits per heavy atom. The van der Waals surface area contributed by atoms with Crippen LogP contribution in [0.25, 0.3) is 12.2 Å². The highest BCUT2D eigenvalue weighted by Gasteiger charge is 2.18. The minimum atomic E-state index is -3.81. The van der Waals surface area contributed by atoms with E-state index in [1.54, 1.807) is 32.1 Å². The van der Waals surface area contributed by atoms with Gasteiger partial charge in [0.05, 0.1) is 5.69 Å². The van der Waals surface area contributed by atoms with Crippen molar-refractivity contribution in [3.63, 3.8) is 0 Å². The molecule has 7 nitrogen and oxygen atoms in total. The molecule has 29 heavy (non-hydrogen) atoms. The van der Waals surface area contributed by atoms with Crippen LogP contribution >= 0.6 is 11.3 Å². The van der Waals surface area contributed by atoms with E-state index in [1.165, 1.54) is 31.2 Å². The van der Waals surface area contributed by atoms with Crippen molar-refractivity contribution in [3.8, 4) is 0 Å². The van der Waals surface area contributed by atoms with Gasteiger partial charge in [0, 0.05) is 11.8 Å². The molecule has 0 atom stereocenters. The lowest BCUT2D eigenvalue weighted by Crippen LogP contribution is -2.12. The molecule has 0 aliphatic heterocycles. The number of rotatable bonds is 6. The van der Waals surface area contributed by atoms with Crippen LogP contribution in [0.5, 0.6) is 0 Å². The number of nitrogens with one attached hydrogen (secondary N) is 2. The van der Waals surface area contributed by atoms with E-state index in [0.29, 0.717) is 33.3 Å². The molecule has 0 fully saturated rings. The highest BCUT2D eigenvalue weighted by atomic mass is 32.2. The molecule has 0 aliphatic rings. The number of halogens is 1. The quantitative estimate of drug-likeness (QED) is 0.597. The van der Waals surface area contributed by atoms with Crippen molar-refractivity contribution in [1.82, 2.24) is 5.16 Å². The molecule has 3 aromatic rings. The van der Waals surface area contributed by atoms with Gasteiger partial charge in [0.2, 0.25) is 5.91 Å². The molecule has 0 spiro atoms. The van der Waals surface area contributed by atoms with Gasteiger partial charge < -0.3 is 9.84 Å². The summed E-state index contributed by atoms with van der Waals surface area (Å²) in [6.45, 7) is 4.70. The molecule has 0 bridgehead atoms. The molecule has 1 aromatic carbocycles. The highest BCUT2D eigenvalue weighted by Crippen LogP contribution is 2.28. The van der Waals surface area contributed by atoms with Gasteiger partial charge in [-0.25, -0.2) is 12.8 Å². The van der Waals surface area contributed by atoms with Crippen molar-refractivity contribution < 1.29 is 22.1 Å². The predicted molar refractivity (Wildman–Crippen MR) is 111 cm³/mol. The number of benzene rings is 1. The predicted octanol–water partition coefficient (Wildman–Crippen LogP) is 4.42. The molecular formula is C19H18FN3O4S2. The van der Waals surface area contributed by atoms with Crippen LogP contribution in [-0.2, 0) is 14.8 Å². The van der Waals surface area contributed by atoms with E-state index in [1.807, 2.05) is 0 Å². The summed E-state index contributed by atoms with van der Waals surface area (Å²) < 4.78 is 46.2. The van der Waals surface area contributed by atoms with Crippen LogP contribution in [0.3, 0.4) is 0 Å². The van der Waals surface area contributed by atoms with Crippen LogP contribution < -0.4 is 10.0 Å². The summed E-state index contributed by atoms with van der Waals surface area (Å²) in [6.07, 6.45) is 3.27. The Hall–Kier alpha value is -2.98. The molecule has 0 unspecified atom stereocenters. The summed E-state index contributed by atoms with van der Waals surface area (Å²) in [7, 11) is -3.81. The first-order chi connectivity index (χ1) is 13.7. The monoisotopic (exact) mass is 435 g/mol. The number of aromatic nitrogens is 1. The molecule has 10 heteroatoms. The maximum Gasteiger partial charge on any atom is 0.271 e. The third-order valence-corrected chi connectivity index (χ3v) is 6.80. The van der Waals surface area contributed by atoms with Gasteiger partial charge in [-0.15, -0.1) is 11.3 Å². The van der Waals surface area contributed by atoms with Crippen LogP contribution in [0.15, 0.2) is 39.1 Å². The van der Waals surface area contributed by atoms with Gasteiger partial charge in [-0.05, 0) is 61.9 Å². The third-order valence-electron chi connectivity index (χ3n) is 3.89. The Morgan fingerprint density at radius 1 is 1.21 bits per heavy atom. The molecule has 152 valence electrons. The van der Waals surface area contributed by atoms with Gasteiger partial charge in [-0.1, -0.05) is 5.16 Å². The van der Waals surface area contributed by atoms with E-state index in [4.69, 9.17) is 4.52 Å². The van der Waals surface area contributed by atoms with Crippen molar-refractivity contribution in [2.75, 3.05) is 10.0 Å². The summed E-state index contributed by atoms with van der Waals surface area (Å²) in [6, 6.07) is 6.96. The molecule has 2 N–H and O–H groups in total. The molecule has 3 rings (SSSR count). The van der Waals surface area contributed by atoms with Crippen molar-refractivity contribution >= 4 is 50.8 Å². The second kappa shape index (κ2) is 8.18. The van der Waals surface area contributed by atoms with Gasteiger partial charge in [0.25, 0.3) is 10.0 Å². The lowest BCUT2D eigenvalue weighted by atomic mass is 10.2. The fourth-order valence-electron chi connectivity index (χ4n) is 2.49. The van der Waals surface area contributed by atoms with Gasteiger partial charge in [0.15, 0.2) is 5.76 Å². The molecule has 0 aliphatic carbocycles. The number of hydrogen-bond acceptors (Lipinski definition) is 6. The van der Waals surface area contributed by atoms with Gasteiger partial charge in [-0.3, -0.25) is 9.52 Å². The van der Waals surface area contributed by atoms with E-state index in [-0.39, 0.29) is 10.1 Å².